The van der Waals surface area contributed by atoms with E-state index in [9.17, 15) is 36.3 Å². The van der Waals surface area contributed by atoms with Crippen LogP contribution in [0.1, 0.15) is 40.9 Å². The molecule has 3 aromatic rings. The van der Waals surface area contributed by atoms with E-state index < -0.39 is 46.2 Å². The Balaban J connectivity index is 1.37. The summed E-state index contributed by atoms with van der Waals surface area (Å²) in [5.74, 6) is -0.725. The number of amides is 2. The Labute approximate surface area is 229 Å². The minimum absolute atomic E-state index is 0.0433. The quantitative estimate of drug-likeness (QED) is 0.396. The van der Waals surface area contributed by atoms with Gasteiger partial charge in [-0.2, -0.15) is 13.2 Å². The number of nitrogens with zero attached hydrogens (tertiary/aromatic N) is 1. The molecule has 1 fully saturated rings. The molecule has 212 valence electrons. The molecule has 2 atom stereocenters. The third-order valence-corrected chi connectivity index (χ3v) is 8.32. The van der Waals surface area contributed by atoms with Gasteiger partial charge in [0, 0.05) is 24.2 Å². The fourth-order valence-electron chi connectivity index (χ4n) is 4.25. The van der Waals surface area contributed by atoms with Gasteiger partial charge >= 0.3 is 6.18 Å². The number of nitrogens with one attached hydrogen (secondary N) is 1. The lowest BCUT2D eigenvalue weighted by molar-refractivity contribution is -0.137. The predicted molar refractivity (Wildman–Crippen MR) is 141 cm³/mol. The standard InChI is InChI=1S/C28H27F3N2O6S/c1-2-40(37,38)23-13-5-18(6-14-23)24(17-34)32-26(35)19-3-9-21(10-4-19)33-16-15-25(27(33)36)39-22-11-7-20(8-12-22)28(29,30)31/h3-14,24-25,34H,2,15-17H2,1H3,(H,32,35)/t24-,25+/m0/s1. The van der Waals surface area contributed by atoms with Gasteiger partial charge in [0.2, 0.25) is 0 Å². The Hall–Kier alpha value is -3.90. The number of hydrogen-bond acceptors (Lipinski definition) is 6. The van der Waals surface area contributed by atoms with Gasteiger partial charge in [0.15, 0.2) is 15.9 Å². The summed E-state index contributed by atoms with van der Waals surface area (Å²) in [7, 11) is -3.38. The Morgan fingerprint density at radius 3 is 2.23 bits per heavy atom. The number of sulfone groups is 1. The molecule has 1 heterocycles. The van der Waals surface area contributed by atoms with E-state index in [1.165, 1.54) is 53.4 Å². The first-order valence-electron chi connectivity index (χ1n) is 12.4. The Morgan fingerprint density at radius 2 is 1.68 bits per heavy atom. The molecule has 1 aliphatic rings. The summed E-state index contributed by atoms with van der Waals surface area (Å²) in [6.07, 6.45) is -4.99. The molecule has 0 aromatic heterocycles. The number of benzene rings is 3. The monoisotopic (exact) mass is 576 g/mol. The molecule has 2 amide bonds. The molecule has 0 bridgehead atoms. The van der Waals surface area contributed by atoms with Crippen LogP contribution in [0.4, 0.5) is 18.9 Å². The van der Waals surface area contributed by atoms with Crippen LogP contribution >= 0.6 is 0 Å². The van der Waals surface area contributed by atoms with E-state index >= 15 is 0 Å². The summed E-state index contributed by atoms with van der Waals surface area (Å²) in [6.45, 7) is 1.46. The third-order valence-electron chi connectivity index (χ3n) is 6.57. The highest BCUT2D eigenvalue weighted by atomic mass is 32.2. The predicted octanol–water partition coefficient (Wildman–Crippen LogP) is 4.15. The van der Waals surface area contributed by atoms with E-state index in [0.29, 0.717) is 24.2 Å². The summed E-state index contributed by atoms with van der Waals surface area (Å²) >= 11 is 0. The molecular weight excluding hydrogens is 549 g/mol. The molecule has 4 rings (SSSR count). The summed E-state index contributed by atoms with van der Waals surface area (Å²) in [5.41, 5.74) is 0.515. The number of rotatable bonds is 9. The van der Waals surface area contributed by atoms with Gasteiger partial charge in [-0.1, -0.05) is 19.1 Å². The van der Waals surface area contributed by atoms with E-state index in [2.05, 4.69) is 5.32 Å². The molecule has 1 saturated heterocycles. The first-order valence-corrected chi connectivity index (χ1v) is 14.1. The van der Waals surface area contributed by atoms with Crippen molar-refractivity contribution in [1.82, 2.24) is 5.32 Å². The molecule has 40 heavy (non-hydrogen) atoms. The number of halogens is 3. The topological polar surface area (TPSA) is 113 Å². The van der Waals surface area contributed by atoms with Crippen LogP contribution in [-0.4, -0.2) is 50.3 Å². The zero-order valence-electron chi connectivity index (χ0n) is 21.4. The zero-order valence-corrected chi connectivity index (χ0v) is 22.2. The Bertz CT molecular complexity index is 1460. The highest BCUT2D eigenvalue weighted by Crippen LogP contribution is 2.31. The van der Waals surface area contributed by atoms with Crippen LogP contribution in [0.3, 0.4) is 0 Å². The second-order valence-electron chi connectivity index (χ2n) is 9.14. The lowest BCUT2D eigenvalue weighted by Crippen LogP contribution is -2.32. The molecule has 0 spiro atoms. The van der Waals surface area contributed by atoms with E-state index in [1.54, 1.807) is 19.1 Å². The average molecular weight is 577 g/mol. The van der Waals surface area contributed by atoms with Crippen LogP contribution in [-0.2, 0) is 20.8 Å². The number of aliphatic hydroxyl groups is 1. The molecule has 0 aliphatic carbocycles. The largest absolute Gasteiger partial charge is 0.481 e. The summed E-state index contributed by atoms with van der Waals surface area (Å²) in [4.78, 5) is 27.3. The molecule has 2 N–H and O–H groups in total. The van der Waals surface area contributed by atoms with Crippen molar-refractivity contribution in [2.45, 2.75) is 36.6 Å². The van der Waals surface area contributed by atoms with Crippen molar-refractivity contribution in [3.8, 4) is 5.75 Å². The number of hydrogen-bond donors (Lipinski definition) is 2. The maximum absolute atomic E-state index is 12.9. The Kier molecular flexibility index (Phi) is 8.50. The molecule has 0 unspecified atom stereocenters. The van der Waals surface area contributed by atoms with Gasteiger partial charge in [0.05, 0.1) is 28.9 Å². The SMILES string of the molecule is CCS(=O)(=O)c1ccc([C@H](CO)NC(=O)c2ccc(N3CC[C@@H](Oc4ccc(C(F)(F)F)cc4)C3=O)cc2)cc1. The van der Waals surface area contributed by atoms with E-state index in [4.69, 9.17) is 4.74 Å². The van der Waals surface area contributed by atoms with Crippen molar-refractivity contribution in [3.63, 3.8) is 0 Å². The van der Waals surface area contributed by atoms with Crippen LogP contribution in [0.2, 0.25) is 0 Å². The van der Waals surface area contributed by atoms with Crippen LogP contribution in [0, 0.1) is 0 Å². The Morgan fingerprint density at radius 1 is 1.05 bits per heavy atom. The molecule has 1 aliphatic heterocycles. The zero-order chi connectivity index (χ0) is 29.1. The second-order valence-corrected chi connectivity index (χ2v) is 11.4. The minimum Gasteiger partial charge on any atom is -0.481 e. The highest BCUT2D eigenvalue weighted by Gasteiger charge is 2.35. The van der Waals surface area contributed by atoms with Crippen molar-refractivity contribution in [1.29, 1.82) is 0 Å². The first-order chi connectivity index (χ1) is 18.9. The number of carbonyl (C=O) groups is 2. The van der Waals surface area contributed by atoms with Crippen LogP contribution in [0.15, 0.2) is 77.7 Å². The number of aliphatic hydroxyl groups excluding tert-OH is 1. The first kappa shape index (κ1) is 29.1. The third kappa shape index (κ3) is 6.45. The van der Waals surface area contributed by atoms with Gasteiger partial charge in [-0.3, -0.25) is 9.59 Å². The lowest BCUT2D eigenvalue weighted by Gasteiger charge is -2.19. The number of alkyl halides is 3. The number of ether oxygens (including phenoxy) is 1. The molecule has 0 radical (unpaired) electrons. The highest BCUT2D eigenvalue weighted by molar-refractivity contribution is 7.91. The average Bonchev–Trinajstić information content (AvgIpc) is 3.31. The van der Waals surface area contributed by atoms with Crippen LogP contribution in [0.25, 0.3) is 0 Å². The van der Waals surface area contributed by atoms with Crippen LogP contribution in [0.5, 0.6) is 5.75 Å². The molecular formula is C28H27F3N2O6S. The minimum atomic E-state index is -4.47. The molecule has 3 aromatic carbocycles. The van der Waals surface area contributed by atoms with Gasteiger partial charge in [0.1, 0.15) is 5.75 Å². The second kappa shape index (κ2) is 11.7. The van der Waals surface area contributed by atoms with Crippen molar-refractivity contribution in [2.75, 3.05) is 23.8 Å². The van der Waals surface area contributed by atoms with Gasteiger partial charge < -0.3 is 20.1 Å². The van der Waals surface area contributed by atoms with E-state index in [0.717, 1.165) is 12.1 Å². The molecule has 8 nitrogen and oxygen atoms in total. The number of anilines is 1. The van der Waals surface area contributed by atoms with Gasteiger partial charge in [0.25, 0.3) is 11.8 Å². The summed E-state index contributed by atoms with van der Waals surface area (Å²) < 4.78 is 67.9. The van der Waals surface area contributed by atoms with Gasteiger partial charge in [-0.15, -0.1) is 0 Å². The van der Waals surface area contributed by atoms with E-state index in [1.807, 2.05) is 0 Å². The summed E-state index contributed by atoms with van der Waals surface area (Å²) in [5, 5.41) is 12.5. The van der Waals surface area contributed by atoms with Crippen LogP contribution < -0.4 is 15.0 Å². The molecule has 0 saturated carbocycles. The van der Waals surface area contributed by atoms with E-state index in [-0.39, 0.29) is 27.9 Å². The molecule has 12 heteroatoms. The van der Waals surface area contributed by atoms with Crippen molar-refractivity contribution in [3.05, 3.63) is 89.5 Å². The van der Waals surface area contributed by atoms with Crippen molar-refractivity contribution >= 4 is 27.3 Å². The number of carbonyl (C=O) groups excluding carboxylic acids is 2. The van der Waals surface area contributed by atoms with Crippen molar-refractivity contribution < 1.29 is 41.0 Å². The summed E-state index contributed by atoms with van der Waals surface area (Å²) in [6, 6.07) is 15.5. The van der Waals surface area contributed by atoms with Crippen molar-refractivity contribution in [2.24, 2.45) is 0 Å². The fourth-order valence-corrected chi connectivity index (χ4v) is 5.13. The normalized spacial score (nSPS) is 16.6. The maximum atomic E-state index is 12.9. The smallest absolute Gasteiger partial charge is 0.416 e. The van der Waals surface area contributed by atoms with Gasteiger partial charge in [-0.05, 0) is 66.2 Å². The lowest BCUT2D eigenvalue weighted by atomic mass is 10.1. The van der Waals surface area contributed by atoms with Gasteiger partial charge in [-0.25, -0.2) is 8.42 Å². The maximum Gasteiger partial charge on any atom is 0.416 e. The fraction of sp³-hybridized carbons (Fsp3) is 0.286.